The number of hydrogen-bond acceptors (Lipinski definition) is 1. The van der Waals surface area contributed by atoms with Gasteiger partial charge in [0.05, 0.1) is 0 Å². The summed E-state index contributed by atoms with van der Waals surface area (Å²) in [5, 5.41) is 3.25. The summed E-state index contributed by atoms with van der Waals surface area (Å²) in [5.74, 6) is 1.31. The van der Waals surface area contributed by atoms with Gasteiger partial charge in [-0.1, -0.05) is 55.4 Å². The molecule has 0 aliphatic carbocycles. The lowest BCUT2D eigenvalue weighted by Gasteiger charge is -2.34. The van der Waals surface area contributed by atoms with Crippen LogP contribution in [0.5, 0.6) is 0 Å². The summed E-state index contributed by atoms with van der Waals surface area (Å²) in [6, 6.07) is 0.320. The Bertz CT molecular complexity index is 250. The zero-order chi connectivity index (χ0) is 14.5. The highest BCUT2D eigenvalue weighted by molar-refractivity contribution is 5.79. The van der Waals surface area contributed by atoms with Crippen molar-refractivity contribution in [2.24, 2.45) is 23.2 Å². The quantitative estimate of drug-likeness (QED) is 0.755. The molecule has 2 atom stereocenters. The van der Waals surface area contributed by atoms with Gasteiger partial charge in [-0.3, -0.25) is 4.79 Å². The van der Waals surface area contributed by atoms with Gasteiger partial charge in [-0.2, -0.15) is 0 Å². The summed E-state index contributed by atoms with van der Waals surface area (Å²) in [4.78, 5) is 12.5. The van der Waals surface area contributed by atoms with Gasteiger partial charge in [0, 0.05) is 12.0 Å². The Balaban J connectivity index is 4.69. The van der Waals surface area contributed by atoms with Crippen LogP contribution in [-0.4, -0.2) is 11.9 Å². The van der Waals surface area contributed by atoms with Crippen LogP contribution in [-0.2, 0) is 4.79 Å². The number of nitrogens with one attached hydrogen (secondary N) is 1. The molecule has 0 heterocycles. The van der Waals surface area contributed by atoms with Crippen molar-refractivity contribution in [3.63, 3.8) is 0 Å². The van der Waals surface area contributed by atoms with Gasteiger partial charge in [0.25, 0.3) is 0 Å². The van der Waals surface area contributed by atoms with Crippen molar-refractivity contribution < 1.29 is 4.79 Å². The van der Waals surface area contributed by atoms with Gasteiger partial charge in [-0.25, -0.2) is 0 Å². The maximum atomic E-state index is 12.5. The van der Waals surface area contributed by atoms with Crippen LogP contribution in [0.25, 0.3) is 0 Å². The second-order valence-electron chi connectivity index (χ2n) is 7.33. The Kier molecular flexibility index (Phi) is 6.94. The van der Waals surface area contributed by atoms with E-state index in [1.54, 1.807) is 0 Å². The van der Waals surface area contributed by atoms with Crippen molar-refractivity contribution in [2.45, 2.75) is 74.3 Å². The van der Waals surface area contributed by atoms with E-state index < -0.39 is 0 Å². The van der Waals surface area contributed by atoms with Gasteiger partial charge in [0.2, 0.25) is 5.91 Å². The Labute approximate surface area is 114 Å². The second-order valence-corrected chi connectivity index (χ2v) is 7.33. The molecule has 2 heteroatoms. The average molecular weight is 255 g/mol. The van der Waals surface area contributed by atoms with Crippen LogP contribution in [0.3, 0.4) is 0 Å². The maximum Gasteiger partial charge on any atom is 0.224 e. The van der Waals surface area contributed by atoms with Crippen molar-refractivity contribution in [2.75, 3.05) is 0 Å². The molecule has 1 amide bonds. The molecular weight excluding hydrogens is 222 g/mol. The molecular formula is C16H33NO. The number of hydrogen-bond donors (Lipinski definition) is 1. The fourth-order valence-electron chi connectivity index (χ4n) is 2.88. The van der Waals surface area contributed by atoms with Crippen molar-refractivity contribution in [3.8, 4) is 0 Å². The molecule has 0 saturated carbocycles. The summed E-state index contributed by atoms with van der Waals surface area (Å²) in [5.41, 5.74) is 0.0222. The Morgan fingerprint density at radius 3 is 1.89 bits per heavy atom. The van der Waals surface area contributed by atoms with E-state index in [4.69, 9.17) is 0 Å². The predicted octanol–water partition coefficient (Wildman–Crippen LogP) is 4.25. The monoisotopic (exact) mass is 255 g/mol. The van der Waals surface area contributed by atoms with Gasteiger partial charge < -0.3 is 5.32 Å². The molecule has 0 spiro atoms. The molecule has 0 rings (SSSR count). The van der Waals surface area contributed by atoms with Gasteiger partial charge >= 0.3 is 0 Å². The van der Waals surface area contributed by atoms with Crippen molar-refractivity contribution in [3.05, 3.63) is 0 Å². The van der Waals surface area contributed by atoms with Crippen molar-refractivity contribution in [1.82, 2.24) is 5.32 Å². The van der Waals surface area contributed by atoms with Gasteiger partial charge in [-0.15, -0.1) is 0 Å². The Morgan fingerprint density at radius 2 is 1.61 bits per heavy atom. The molecule has 0 aromatic heterocycles. The summed E-state index contributed by atoms with van der Waals surface area (Å²) < 4.78 is 0. The minimum Gasteiger partial charge on any atom is -0.353 e. The zero-order valence-electron chi connectivity index (χ0n) is 13.6. The van der Waals surface area contributed by atoms with Crippen molar-refractivity contribution in [1.29, 1.82) is 0 Å². The molecule has 0 aliphatic rings. The van der Waals surface area contributed by atoms with Crippen LogP contribution in [0.1, 0.15) is 68.2 Å². The molecule has 1 N–H and O–H groups in total. The van der Waals surface area contributed by atoms with Gasteiger partial charge in [0.1, 0.15) is 0 Å². The normalized spacial score (nSPS) is 15.9. The summed E-state index contributed by atoms with van der Waals surface area (Å²) in [6.45, 7) is 17.3. The molecule has 0 radical (unpaired) electrons. The minimum absolute atomic E-state index is 0.0222. The van der Waals surface area contributed by atoms with Crippen LogP contribution in [0.2, 0.25) is 0 Å². The Morgan fingerprint density at radius 1 is 1.11 bits per heavy atom. The van der Waals surface area contributed by atoms with E-state index >= 15 is 0 Å². The first-order chi connectivity index (χ1) is 8.09. The summed E-state index contributed by atoms with van der Waals surface area (Å²) in [6.07, 6.45) is 2.08. The van der Waals surface area contributed by atoms with E-state index in [1.165, 1.54) is 0 Å². The molecule has 0 unspecified atom stereocenters. The van der Waals surface area contributed by atoms with E-state index in [0.717, 1.165) is 12.8 Å². The molecule has 0 aliphatic heterocycles. The van der Waals surface area contributed by atoms with E-state index in [0.29, 0.717) is 17.9 Å². The smallest absolute Gasteiger partial charge is 0.224 e. The van der Waals surface area contributed by atoms with E-state index in [2.05, 4.69) is 60.7 Å². The highest BCUT2D eigenvalue weighted by Crippen LogP contribution is 2.32. The lowest BCUT2D eigenvalue weighted by Crippen LogP contribution is -2.45. The fourth-order valence-corrected chi connectivity index (χ4v) is 2.88. The van der Waals surface area contributed by atoms with Crippen LogP contribution in [0.15, 0.2) is 0 Å². The lowest BCUT2D eigenvalue weighted by atomic mass is 9.73. The second kappa shape index (κ2) is 7.16. The van der Waals surface area contributed by atoms with Gasteiger partial charge in [-0.05, 0) is 30.1 Å². The number of rotatable bonds is 6. The third-order valence-corrected chi connectivity index (χ3v) is 3.48. The number of carbonyl (C=O) groups is 1. The topological polar surface area (TPSA) is 29.1 Å². The first kappa shape index (κ1) is 17.5. The Hall–Kier alpha value is -0.530. The summed E-state index contributed by atoms with van der Waals surface area (Å²) >= 11 is 0. The van der Waals surface area contributed by atoms with Gasteiger partial charge in [0.15, 0.2) is 0 Å². The van der Waals surface area contributed by atoms with E-state index in [-0.39, 0.29) is 17.2 Å². The molecule has 0 aromatic rings. The average Bonchev–Trinajstić information content (AvgIpc) is 2.12. The number of amides is 1. The SMILES string of the molecule is CC[C@H](CC(C)C)NC(=O)[C@@H](C(C)C)C(C)(C)C. The summed E-state index contributed by atoms with van der Waals surface area (Å²) in [7, 11) is 0. The molecule has 0 bridgehead atoms. The highest BCUT2D eigenvalue weighted by Gasteiger charge is 2.34. The third kappa shape index (κ3) is 5.88. The predicted molar refractivity (Wildman–Crippen MR) is 79.5 cm³/mol. The first-order valence-electron chi connectivity index (χ1n) is 7.39. The molecule has 108 valence electrons. The zero-order valence-corrected chi connectivity index (χ0v) is 13.6. The first-order valence-corrected chi connectivity index (χ1v) is 7.39. The number of carbonyl (C=O) groups excluding carboxylic acids is 1. The lowest BCUT2D eigenvalue weighted by molar-refractivity contribution is -0.131. The maximum absolute atomic E-state index is 12.5. The molecule has 18 heavy (non-hydrogen) atoms. The van der Waals surface area contributed by atoms with Crippen molar-refractivity contribution >= 4 is 5.91 Å². The van der Waals surface area contributed by atoms with Crippen LogP contribution in [0, 0.1) is 23.2 Å². The minimum atomic E-state index is 0.0222. The fraction of sp³-hybridized carbons (Fsp3) is 0.938. The molecule has 0 saturated heterocycles. The largest absolute Gasteiger partial charge is 0.353 e. The highest BCUT2D eigenvalue weighted by atomic mass is 16.2. The van der Waals surface area contributed by atoms with Crippen LogP contribution in [0.4, 0.5) is 0 Å². The van der Waals surface area contributed by atoms with E-state index in [9.17, 15) is 4.79 Å². The van der Waals surface area contributed by atoms with Crippen LogP contribution < -0.4 is 5.32 Å². The van der Waals surface area contributed by atoms with E-state index in [1.807, 2.05) is 0 Å². The molecule has 0 fully saturated rings. The van der Waals surface area contributed by atoms with Crippen LogP contribution >= 0.6 is 0 Å². The standard InChI is InChI=1S/C16H33NO/c1-9-13(10-11(2)3)17-15(18)14(12(4)5)16(6,7)8/h11-14H,9-10H2,1-8H3,(H,17,18)/t13-,14-/m1/s1. The molecule has 2 nitrogen and oxygen atoms in total. The molecule has 0 aromatic carbocycles. The third-order valence-electron chi connectivity index (χ3n) is 3.48.